The SMILES string of the molecule is C[C@H]1CCc2ccccc2N1C(=O)CN1CCNC(=O)C1. The van der Waals surface area contributed by atoms with Crippen LogP contribution < -0.4 is 10.2 Å². The van der Waals surface area contributed by atoms with Crippen molar-refractivity contribution in [3.05, 3.63) is 29.8 Å². The van der Waals surface area contributed by atoms with Gasteiger partial charge >= 0.3 is 0 Å². The molecule has 0 radical (unpaired) electrons. The monoisotopic (exact) mass is 287 g/mol. The first kappa shape index (κ1) is 14.1. The van der Waals surface area contributed by atoms with Crippen LogP contribution in [0.25, 0.3) is 0 Å². The molecule has 0 spiro atoms. The molecule has 0 saturated carbocycles. The lowest BCUT2D eigenvalue weighted by molar-refractivity contribution is -0.126. The molecular weight excluding hydrogens is 266 g/mol. The highest BCUT2D eigenvalue weighted by molar-refractivity contribution is 5.96. The average molecular weight is 287 g/mol. The summed E-state index contributed by atoms with van der Waals surface area (Å²) >= 11 is 0. The smallest absolute Gasteiger partial charge is 0.241 e. The molecule has 1 N–H and O–H groups in total. The third kappa shape index (κ3) is 2.93. The van der Waals surface area contributed by atoms with E-state index in [-0.39, 0.29) is 17.9 Å². The Morgan fingerprint density at radius 1 is 1.38 bits per heavy atom. The lowest BCUT2D eigenvalue weighted by Gasteiger charge is -2.37. The van der Waals surface area contributed by atoms with Crippen molar-refractivity contribution >= 4 is 17.5 Å². The van der Waals surface area contributed by atoms with Gasteiger partial charge in [-0.05, 0) is 31.4 Å². The van der Waals surface area contributed by atoms with Gasteiger partial charge in [-0.2, -0.15) is 0 Å². The molecule has 2 aliphatic heterocycles. The fourth-order valence-corrected chi connectivity index (χ4v) is 3.16. The van der Waals surface area contributed by atoms with Crippen molar-refractivity contribution in [1.82, 2.24) is 10.2 Å². The highest BCUT2D eigenvalue weighted by Crippen LogP contribution is 2.30. The van der Waals surface area contributed by atoms with Crippen molar-refractivity contribution in [3.63, 3.8) is 0 Å². The van der Waals surface area contributed by atoms with Crippen molar-refractivity contribution in [3.8, 4) is 0 Å². The van der Waals surface area contributed by atoms with Crippen LogP contribution in [-0.4, -0.2) is 48.9 Å². The Morgan fingerprint density at radius 3 is 3.00 bits per heavy atom. The molecule has 3 rings (SSSR count). The summed E-state index contributed by atoms with van der Waals surface area (Å²) in [7, 11) is 0. The van der Waals surface area contributed by atoms with E-state index in [1.807, 2.05) is 28.0 Å². The van der Waals surface area contributed by atoms with Crippen LogP contribution in [0.15, 0.2) is 24.3 Å². The largest absolute Gasteiger partial charge is 0.354 e. The van der Waals surface area contributed by atoms with Gasteiger partial charge in [-0.25, -0.2) is 0 Å². The Hall–Kier alpha value is -1.88. The number of piperazine rings is 1. The fourth-order valence-electron chi connectivity index (χ4n) is 3.16. The van der Waals surface area contributed by atoms with Gasteiger partial charge in [0.15, 0.2) is 0 Å². The molecule has 2 heterocycles. The standard InChI is InChI=1S/C16H21N3O2/c1-12-6-7-13-4-2-3-5-14(13)19(12)16(21)11-18-9-8-17-15(20)10-18/h2-5,12H,6-11H2,1H3,(H,17,20)/t12-/m0/s1. The second-order valence-electron chi connectivity index (χ2n) is 5.84. The average Bonchev–Trinajstić information content (AvgIpc) is 2.47. The maximum atomic E-state index is 12.7. The summed E-state index contributed by atoms with van der Waals surface area (Å²) < 4.78 is 0. The predicted molar refractivity (Wildman–Crippen MR) is 81.2 cm³/mol. The van der Waals surface area contributed by atoms with Crippen molar-refractivity contribution in [1.29, 1.82) is 0 Å². The van der Waals surface area contributed by atoms with E-state index in [0.717, 1.165) is 25.1 Å². The maximum absolute atomic E-state index is 12.7. The minimum Gasteiger partial charge on any atom is -0.354 e. The van der Waals surface area contributed by atoms with Crippen LogP contribution in [-0.2, 0) is 16.0 Å². The molecular formula is C16H21N3O2. The van der Waals surface area contributed by atoms with Gasteiger partial charge in [0.05, 0.1) is 13.1 Å². The van der Waals surface area contributed by atoms with Gasteiger partial charge in [0.25, 0.3) is 0 Å². The van der Waals surface area contributed by atoms with Crippen molar-refractivity contribution in [2.45, 2.75) is 25.8 Å². The van der Waals surface area contributed by atoms with E-state index >= 15 is 0 Å². The van der Waals surface area contributed by atoms with E-state index < -0.39 is 0 Å². The number of aryl methyl sites for hydroxylation is 1. The molecule has 0 unspecified atom stereocenters. The summed E-state index contributed by atoms with van der Waals surface area (Å²) in [5.41, 5.74) is 2.27. The number of benzene rings is 1. The third-order valence-electron chi connectivity index (χ3n) is 4.27. The van der Waals surface area contributed by atoms with Gasteiger partial charge in [-0.15, -0.1) is 0 Å². The number of carbonyl (C=O) groups is 2. The van der Waals surface area contributed by atoms with E-state index in [9.17, 15) is 9.59 Å². The highest BCUT2D eigenvalue weighted by atomic mass is 16.2. The molecule has 0 aromatic heterocycles. The molecule has 1 aromatic rings. The molecule has 5 heteroatoms. The van der Waals surface area contributed by atoms with Crippen LogP contribution in [0.3, 0.4) is 0 Å². The number of hydrogen-bond acceptors (Lipinski definition) is 3. The number of anilines is 1. The summed E-state index contributed by atoms with van der Waals surface area (Å²) in [4.78, 5) is 27.9. The Morgan fingerprint density at radius 2 is 2.19 bits per heavy atom. The van der Waals surface area contributed by atoms with Gasteiger partial charge in [0, 0.05) is 24.8 Å². The number of nitrogens with one attached hydrogen (secondary N) is 1. The number of amides is 2. The summed E-state index contributed by atoms with van der Waals surface area (Å²) in [5, 5.41) is 2.78. The Bertz CT molecular complexity index is 558. The fraction of sp³-hybridized carbons (Fsp3) is 0.500. The first-order chi connectivity index (χ1) is 10.1. The van der Waals surface area contributed by atoms with Crippen molar-refractivity contribution < 1.29 is 9.59 Å². The van der Waals surface area contributed by atoms with Crippen LogP contribution in [0, 0.1) is 0 Å². The molecule has 1 aromatic carbocycles. The van der Waals surface area contributed by atoms with Gasteiger partial charge in [-0.3, -0.25) is 14.5 Å². The molecule has 0 bridgehead atoms. The normalized spacial score (nSPS) is 22.6. The topological polar surface area (TPSA) is 52.7 Å². The zero-order chi connectivity index (χ0) is 14.8. The van der Waals surface area contributed by atoms with Crippen LogP contribution in [0.1, 0.15) is 18.9 Å². The Kier molecular flexibility index (Phi) is 3.92. The van der Waals surface area contributed by atoms with Crippen molar-refractivity contribution in [2.75, 3.05) is 31.1 Å². The van der Waals surface area contributed by atoms with E-state index in [1.54, 1.807) is 0 Å². The van der Waals surface area contributed by atoms with E-state index in [2.05, 4.69) is 18.3 Å². The van der Waals surface area contributed by atoms with E-state index in [4.69, 9.17) is 0 Å². The molecule has 5 nitrogen and oxygen atoms in total. The van der Waals surface area contributed by atoms with E-state index in [1.165, 1.54) is 5.56 Å². The first-order valence-electron chi connectivity index (χ1n) is 7.54. The molecule has 1 fully saturated rings. The zero-order valence-electron chi connectivity index (χ0n) is 12.3. The second kappa shape index (κ2) is 5.85. The third-order valence-corrected chi connectivity index (χ3v) is 4.27. The second-order valence-corrected chi connectivity index (χ2v) is 5.84. The number of carbonyl (C=O) groups excluding carboxylic acids is 2. The molecule has 2 aliphatic rings. The summed E-state index contributed by atoms with van der Waals surface area (Å²) in [6.45, 7) is 4.08. The summed E-state index contributed by atoms with van der Waals surface area (Å²) in [6, 6.07) is 8.32. The zero-order valence-corrected chi connectivity index (χ0v) is 12.3. The quantitative estimate of drug-likeness (QED) is 0.875. The minimum atomic E-state index is 0.00106. The maximum Gasteiger partial charge on any atom is 0.241 e. The van der Waals surface area contributed by atoms with Crippen LogP contribution >= 0.6 is 0 Å². The van der Waals surface area contributed by atoms with Crippen LogP contribution in [0.4, 0.5) is 5.69 Å². The Balaban J connectivity index is 1.76. The lowest BCUT2D eigenvalue weighted by Crippen LogP contribution is -2.53. The number of nitrogens with zero attached hydrogens (tertiary/aromatic N) is 2. The number of rotatable bonds is 2. The molecule has 0 aliphatic carbocycles. The molecule has 1 saturated heterocycles. The summed E-state index contributed by atoms with van der Waals surface area (Å²) in [5.74, 6) is 0.0884. The van der Waals surface area contributed by atoms with E-state index in [0.29, 0.717) is 19.6 Å². The first-order valence-corrected chi connectivity index (χ1v) is 7.54. The van der Waals surface area contributed by atoms with Crippen LogP contribution in [0.2, 0.25) is 0 Å². The highest BCUT2D eigenvalue weighted by Gasteiger charge is 2.29. The van der Waals surface area contributed by atoms with Gasteiger partial charge in [0.2, 0.25) is 11.8 Å². The molecule has 112 valence electrons. The number of fused-ring (bicyclic) bond motifs is 1. The van der Waals surface area contributed by atoms with Crippen LogP contribution in [0.5, 0.6) is 0 Å². The minimum absolute atomic E-state index is 0.00106. The molecule has 1 atom stereocenters. The lowest BCUT2D eigenvalue weighted by atomic mass is 9.96. The number of para-hydroxylation sites is 1. The predicted octanol–water partition coefficient (Wildman–Crippen LogP) is 0.786. The Labute approximate surface area is 124 Å². The summed E-state index contributed by atoms with van der Waals surface area (Å²) in [6.07, 6.45) is 2.01. The molecule has 21 heavy (non-hydrogen) atoms. The van der Waals surface area contributed by atoms with Crippen molar-refractivity contribution in [2.24, 2.45) is 0 Å². The molecule has 2 amide bonds. The van der Waals surface area contributed by atoms with Gasteiger partial charge < -0.3 is 10.2 Å². The van der Waals surface area contributed by atoms with Gasteiger partial charge in [0.1, 0.15) is 0 Å². The number of hydrogen-bond donors (Lipinski definition) is 1. The van der Waals surface area contributed by atoms with Gasteiger partial charge in [-0.1, -0.05) is 18.2 Å².